The largest absolute Gasteiger partial charge is 0.344 e. The molecule has 4 aromatic rings. The molecule has 0 fully saturated rings. The monoisotopic (exact) mass is 766 g/mol. The summed E-state index contributed by atoms with van der Waals surface area (Å²) in [5.41, 5.74) is 11.4. The summed E-state index contributed by atoms with van der Waals surface area (Å²) in [4.78, 5) is 8.97. The minimum Gasteiger partial charge on any atom is -0.344 e. The molecule has 0 bridgehead atoms. The normalized spacial score (nSPS) is 19.6. The van der Waals surface area contributed by atoms with Gasteiger partial charge in [0.25, 0.3) is 0 Å². The number of rotatable bonds is 11. The summed E-state index contributed by atoms with van der Waals surface area (Å²) < 4.78 is 4.86. The molecular formula is C45H50Cl2N3S2+. The van der Waals surface area contributed by atoms with E-state index in [1.54, 1.807) is 11.3 Å². The van der Waals surface area contributed by atoms with Crippen LogP contribution in [0.2, 0.25) is 10.0 Å². The van der Waals surface area contributed by atoms with Crippen molar-refractivity contribution in [2.75, 3.05) is 18.0 Å². The third-order valence-electron chi connectivity index (χ3n) is 11.0. The number of anilines is 1. The number of para-hydroxylation sites is 1. The van der Waals surface area contributed by atoms with E-state index in [1.807, 2.05) is 23.9 Å². The molecule has 0 amide bonds. The average Bonchev–Trinajstić information content (AvgIpc) is 3.69. The van der Waals surface area contributed by atoms with Crippen LogP contribution in [0, 0.1) is 0 Å². The molecule has 3 aromatic carbocycles. The molecule has 0 saturated heterocycles. The van der Waals surface area contributed by atoms with Gasteiger partial charge in [-0.05, 0) is 105 Å². The summed E-state index contributed by atoms with van der Waals surface area (Å²) in [5, 5.41) is 1.59. The number of allylic oxidation sites excluding steroid dienone is 7. The molecule has 0 unspecified atom stereocenters. The van der Waals surface area contributed by atoms with Gasteiger partial charge in [0.1, 0.15) is 6.54 Å². The fourth-order valence-corrected chi connectivity index (χ4v) is 10.8. The smallest absolute Gasteiger partial charge is 0.209 e. The molecule has 2 aliphatic heterocycles. The molecule has 52 heavy (non-hydrogen) atoms. The van der Waals surface area contributed by atoms with Crippen molar-refractivity contribution < 1.29 is 4.58 Å². The molecule has 0 atom stereocenters. The maximum Gasteiger partial charge on any atom is 0.209 e. The van der Waals surface area contributed by atoms with Gasteiger partial charge in [-0.25, -0.2) is 4.98 Å². The molecule has 3 aliphatic rings. The Hall–Kier alpha value is -3.09. The second-order valence-electron chi connectivity index (χ2n) is 15.3. The lowest BCUT2D eigenvalue weighted by Gasteiger charge is -2.27. The van der Waals surface area contributed by atoms with Gasteiger partial charge in [-0.1, -0.05) is 99.8 Å². The maximum atomic E-state index is 6.57. The van der Waals surface area contributed by atoms with Crippen LogP contribution in [0.5, 0.6) is 0 Å². The fourth-order valence-electron chi connectivity index (χ4n) is 8.10. The van der Waals surface area contributed by atoms with E-state index in [1.165, 1.54) is 54.7 Å². The Morgan fingerprint density at radius 2 is 1.62 bits per heavy atom. The Kier molecular flexibility index (Phi) is 11.0. The number of fused-ring (bicyclic) bond motifs is 3. The Labute approximate surface area is 328 Å². The van der Waals surface area contributed by atoms with Crippen molar-refractivity contribution in [1.29, 1.82) is 0 Å². The minimum atomic E-state index is -0.156. The molecule has 3 nitrogen and oxygen atoms in total. The van der Waals surface area contributed by atoms with Crippen LogP contribution in [0.15, 0.2) is 111 Å². The number of benzene rings is 3. The summed E-state index contributed by atoms with van der Waals surface area (Å²) in [6, 6.07) is 21.3. The average molecular weight is 768 g/mol. The first-order chi connectivity index (χ1) is 25.0. The van der Waals surface area contributed by atoms with E-state index < -0.39 is 0 Å². The lowest BCUT2D eigenvalue weighted by Crippen LogP contribution is -2.28. The van der Waals surface area contributed by atoms with E-state index in [0.29, 0.717) is 0 Å². The molecule has 1 aromatic heterocycles. The van der Waals surface area contributed by atoms with Crippen LogP contribution in [-0.4, -0.2) is 28.4 Å². The molecular weight excluding hydrogens is 718 g/mol. The van der Waals surface area contributed by atoms with E-state index in [2.05, 4.69) is 124 Å². The predicted molar refractivity (Wildman–Crippen MR) is 228 cm³/mol. The first kappa shape index (κ1) is 37.2. The van der Waals surface area contributed by atoms with Gasteiger partial charge in [0.15, 0.2) is 10.1 Å². The molecule has 0 spiro atoms. The third kappa shape index (κ3) is 7.11. The zero-order valence-electron chi connectivity index (χ0n) is 31.4. The number of unbranched alkanes of at least 4 members (excludes halogenated alkanes) is 2. The van der Waals surface area contributed by atoms with E-state index in [-0.39, 0.29) is 10.8 Å². The van der Waals surface area contributed by atoms with Crippen LogP contribution in [0.1, 0.15) is 97.6 Å². The van der Waals surface area contributed by atoms with Gasteiger partial charge in [0, 0.05) is 62.4 Å². The second-order valence-corrected chi connectivity index (χ2v) is 18.5. The highest BCUT2D eigenvalue weighted by Gasteiger charge is 2.44. The molecule has 0 saturated carbocycles. The van der Waals surface area contributed by atoms with E-state index in [4.69, 9.17) is 28.2 Å². The Balaban J connectivity index is 1.34. The molecule has 0 radical (unpaired) electrons. The molecule has 3 heterocycles. The highest BCUT2D eigenvalue weighted by molar-refractivity contribution is 8.05. The van der Waals surface area contributed by atoms with Crippen molar-refractivity contribution in [3.63, 3.8) is 0 Å². The van der Waals surface area contributed by atoms with Crippen molar-refractivity contribution in [1.82, 2.24) is 4.98 Å². The quantitative estimate of drug-likeness (QED) is 0.142. The molecule has 7 heteroatoms. The second kappa shape index (κ2) is 15.3. The number of hydrogen-bond acceptors (Lipinski definition) is 4. The van der Waals surface area contributed by atoms with Crippen molar-refractivity contribution in [3.8, 4) is 0 Å². The highest BCUT2D eigenvalue weighted by Crippen LogP contribution is 2.50. The number of nitrogens with zero attached hydrogens (tertiary/aromatic N) is 3. The zero-order chi connectivity index (χ0) is 36.6. The van der Waals surface area contributed by atoms with Crippen LogP contribution < -0.4 is 4.90 Å². The maximum absolute atomic E-state index is 6.57. The molecule has 270 valence electrons. The van der Waals surface area contributed by atoms with E-state index in [9.17, 15) is 0 Å². The van der Waals surface area contributed by atoms with Crippen LogP contribution in [0.25, 0.3) is 10.2 Å². The van der Waals surface area contributed by atoms with Crippen molar-refractivity contribution in [2.24, 2.45) is 0 Å². The topological polar surface area (TPSA) is 19.1 Å². The van der Waals surface area contributed by atoms with Gasteiger partial charge < -0.3 is 4.90 Å². The van der Waals surface area contributed by atoms with E-state index in [0.717, 1.165) is 77.9 Å². The van der Waals surface area contributed by atoms with Gasteiger partial charge in [0.2, 0.25) is 5.69 Å². The molecule has 1 aliphatic carbocycles. The number of aromatic nitrogens is 1. The summed E-state index contributed by atoms with van der Waals surface area (Å²) in [7, 11) is 0. The zero-order valence-corrected chi connectivity index (χ0v) is 34.5. The number of thioether (sulfide) groups is 1. The van der Waals surface area contributed by atoms with Crippen molar-refractivity contribution >= 4 is 73.6 Å². The number of halogens is 2. The lowest BCUT2D eigenvalue weighted by atomic mass is 9.81. The van der Waals surface area contributed by atoms with Crippen molar-refractivity contribution in [3.05, 3.63) is 128 Å². The van der Waals surface area contributed by atoms with Crippen LogP contribution in [0.3, 0.4) is 0 Å². The summed E-state index contributed by atoms with van der Waals surface area (Å²) in [5.74, 6) is 0. The lowest BCUT2D eigenvalue weighted by molar-refractivity contribution is -0.438. The summed E-state index contributed by atoms with van der Waals surface area (Å²) in [6.45, 7) is 15.9. The Bertz CT molecular complexity index is 2130. The fraction of sp³-hybridized carbons (Fsp3) is 0.378. The van der Waals surface area contributed by atoms with Crippen LogP contribution in [-0.2, 0) is 10.8 Å². The van der Waals surface area contributed by atoms with Crippen LogP contribution >= 0.6 is 46.3 Å². The summed E-state index contributed by atoms with van der Waals surface area (Å²) in [6.07, 6.45) is 17.4. The van der Waals surface area contributed by atoms with Crippen LogP contribution in [0.4, 0.5) is 11.4 Å². The Morgan fingerprint density at radius 1 is 0.865 bits per heavy atom. The number of thiazole rings is 1. The third-order valence-corrected chi connectivity index (χ3v) is 13.8. The molecule has 7 rings (SSSR count). The first-order valence-corrected chi connectivity index (χ1v) is 21.3. The van der Waals surface area contributed by atoms with Crippen molar-refractivity contribution in [2.45, 2.75) is 102 Å². The summed E-state index contributed by atoms with van der Waals surface area (Å²) >= 11 is 16.8. The van der Waals surface area contributed by atoms with Gasteiger partial charge in [-0.15, -0.1) is 11.3 Å². The van der Waals surface area contributed by atoms with Gasteiger partial charge >= 0.3 is 0 Å². The van der Waals surface area contributed by atoms with Gasteiger partial charge in [-0.2, -0.15) is 4.58 Å². The SMILES string of the molecule is CCCCN1/C(=C/C=C2\CCCC(/C=C/C3=[N+](CCCC)c4ccc(Cl)cc4C3(C)C)=C2Sc2nc3ccccc3s2)C(C)(C)c2cc(Cl)ccc21. The standard InChI is InChI=1S/C45H50Cl2N3S2/c1-7-9-26-49-37-22-20-32(46)28-34(37)44(3,4)40(49)24-18-30-14-13-15-31(42(30)52-43-48-36-16-11-12-17-39(36)51-43)19-25-41-45(5,6)35-29-33(47)21-23-38(35)50(41)27-10-8-2/h11-12,16-25,28-29H,7-10,13-15,26-27H2,1-6H3/q+1. The predicted octanol–water partition coefficient (Wildman–Crippen LogP) is 14.0. The van der Waals surface area contributed by atoms with Gasteiger partial charge in [-0.3, -0.25) is 0 Å². The highest BCUT2D eigenvalue weighted by atomic mass is 35.5. The van der Waals surface area contributed by atoms with Gasteiger partial charge in [0.05, 0.1) is 15.6 Å². The van der Waals surface area contributed by atoms with E-state index >= 15 is 0 Å². The Morgan fingerprint density at radius 3 is 2.38 bits per heavy atom. The number of hydrogen-bond donors (Lipinski definition) is 0. The first-order valence-electron chi connectivity index (χ1n) is 18.9. The minimum absolute atomic E-state index is 0.156. The molecule has 0 N–H and O–H groups in total.